The summed E-state index contributed by atoms with van der Waals surface area (Å²) in [6, 6.07) is 10.1. The molecule has 1 heterocycles. The second-order valence-corrected chi connectivity index (χ2v) is 18.8. The molecule has 4 N–H and O–H groups in total. The number of aliphatic hydroxyl groups is 4. The summed E-state index contributed by atoms with van der Waals surface area (Å²) in [6.45, 7) is 16.7. The smallest absolute Gasteiger partial charge is 0.0831 e. The van der Waals surface area contributed by atoms with Gasteiger partial charge < -0.3 is 39.4 Å². The van der Waals surface area contributed by atoms with Crippen LogP contribution in [0.25, 0.3) is 0 Å². The number of epoxide rings is 1. The van der Waals surface area contributed by atoms with Gasteiger partial charge in [0.1, 0.15) is 0 Å². The Kier molecular flexibility index (Phi) is 60.3. The van der Waals surface area contributed by atoms with Crippen molar-refractivity contribution < 1.29 is 39.4 Å². The Labute approximate surface area is 427 Å². The third kappa shape index (κ3) is 62.0. The molecule has 69 heavy (non-hydrogen) atoms. The predicted octanol–water partition coefficient (Wildman–Crippen LogP) is 15.4. The van der Waals surface area contributed by atoms with Crippen LogP contribution in [0.2, 0.25) is 0 Å². The normalized spacial score (nSPS) is 14.2. The average molecular weight is 974 g/mol. The first-order valence-corrected chi connectivity index (χ1v) is 28.7. The Morgan fingerprint density at radius 1 is 0.493 bits per heavy atom. The third-order valence-electron chi connectivity index (χ3n) is 11.8. The van der Waals surface area contributed by atoms with E-state index in [0.717, 1.165) is 110 Å². The highest BCUT2D eigenvalue weighted by Crippen LogP contribution is 2.13. The molecule has 0 aromatic heterocycles. The zero-order valence-electron chi connectivity index (χ0n) is 45.7. The lowest BCUT2D eigenvalue weighted by Crippen LogP contribution is -2.10. The van der Waals surface area contributed by atoms with Crippen LogP contribution in [-0.4, -0.2) is 91.1 Å². The van der Waals surface area contributed by atoms with Crippen molar-refractivity contribution in [1.82, 2.24) is 0 Å². The number of ether oxygens (including phenoxy) is 4. The van der Waals surface area contributed by atoms with Crippen LogP contribution >= 0.6 is 0 Å². The Morgan fingerprint density at radius 2 is 0.928 bits per heavy atom. The van der Waals surface area contributed by atoms with E-state index < -0.39 is 0 Å². The molecule has 8 heteroatoms. The molecule has 8 nitrogen and oxygen atoms in total. The number of allylic oxidation sites excluding steroid dienone is 4. The first-order valence-electron chi connectivity index (χ1n) is 28.7. The van der Waals surface area contributed by atoms with Gasteiger partial charge in [-0.15, -0.1) is 11.8 Å². The molecule has 0 amide bonds. The van der Waals surface area contributed by atoms with Gasteiger partial charge in [-0.2, -0.15) is 0 Å². The molecular formula is C61H112O8. The second kappa shape index (κ2) is 60.2. The van der Waals surface area contributed by atoms with Crippen LogP contribution in [0.4, 0.5) is 0 Å². The van der Waals surface area contributed by atoms with Gasteiger partial charge in [0.15, 0.2) is 0 Å². The van der Waals surface area contributed by atoms with Gasteiger partial charge in [0.25, 0.3) is 0 Å². The molecule has 0 unspecified atom stereocenters. The number of hydrogen-bond donors (Lipinski definition) is 4. The summed E-state index contributed by atoms with van der Waals surface area (Å²) in [5, 5.41) is 37.7. The van der Waals surface area contributed by atoms with E-state index in [9.17, 15) is 15.3 Å². The van der Waals surface area contributed by atoms with Crippen LogP contribution in [0.3, 0.4) is 0 Å². The van der Waals surface area contributed by atoms with Gasteiger partial charge in [-0.25, -0.2) is 0 Å². The average Bonchev–Trinajstić information content (AvgIpc) is 4.19. The van der Waals surface area contributed by atoms with E-state index in [4.69, 9.17) is 24.1 Å². The van der Waals surface area contributed by atoms with Crippen molar-refractivity contribution in [2.75, 3.05) is 46.2 Å². The molecule has 1 fully saturated rings. The topological polar surface area (TPSA) is 121 Å². The fourth-order valence-corrected chi connectivity index (χ4v) is 6.97. The summed E-state index contributed by atoms with van der Waals surface area (Å²) < 4.78 is 21.4. The monoisotopic (exact) mass is 973 g/mol. The molecule has 404 valence electrons. The van der Waals surface area contributed by atoms with Gasteiger partial charge in [0, 0.05) is 52.5 Å². The fourth-order valence-electron chi connectivity index (χ4n) is 6.97. The highest BCUT2D eigenvalue weighted by molar-refractivity contribution is 5.13. The summed E-state index contributed by atoms with van der Waals surface area (Å²) in [5.41, 5.74) is 1.18. The van der Waals surface area contributed by atoms with Gasteiger partial charge in [0.2, 0.25) is 0 Å². The van der Waals surface area contributed by atoms with E-state index in [1.54, 1.807) is 0 Å². The lowest BCUT2D eigenvalue weighted by Gasteiger charge is -2.10. The molecule has 1 saturated heterocycles. The number of unbranched alkanes of at least 4 members (excludes halogenated alkanes) is 17. The number of hydrogen-bond acceptors (Lipinski definition) is 8. The van der Waals surface area contributed by atoms with E-state index in [1.165, 1.54) is 115 Å². The van der Waals surface area contributed by atoms with Crippen molar-refractivity contribution in [3.63, 3.8) is 0 Å². The summed E-state index contributed by atoms with van der Waals surface area (Å²) >= 11 is 0. The molecule has 1 aromatic rings. The molecule has 0 aliphatic carbocycles. The number of benzene rings is 1. The van der Waals surface area contributed by atoms with Crippen LogP contribution in [0.1, 0.15) is 246 Å². The maximum atomic E-state index is 9.92. The SMILES string of the molecule is CCCCCC/C=C\CCC[C@@H](O)CCO.CCCCCC/C=C\CCC[C@@H](O)CCOCCCC.CCCCCCC#CCCC[C@@H](O)CCOCc1ccccc1.CCCCOCC[C@H]1CO1. The zero-order valence-corrected chi connectivity index (χ0v) is 45.7. The van der Waals surface area contributed by atoms with Crippen LogP contribution in [-0.2, 0) is 25.6 Å². The van der Waals surface area contributed by atoms with Gasteiger partial charge >= 0.3 is 0 Å². The van der Waals surface area contributed by atoms with E-state index in [2.05, 4.69) is 82.9 Å². The van der Waals surface area contributed by atoms with Gasteiger partial charge in [-0.05, 0) is 128 Å². The quantitative estimate of drug-likeness (QED) is 0.0221. The molecule has 2 rings (SSSR count). The van der Waals surface area contributed by atoms with E-state index in [0.29, 0.717) is 38.8 Å². The maximum absolute atomic E-state index is 9.92. The van der Waals surface area contributed by atoms with Crippen molar-refractivity contribution >= 4 is 0 Å². The lowest BCUT2D eigenvalue weighted by atomic mass is 10.1. The van der Waals surface area contributed by atoms with Crippen LogP contribution in [0, 0.1) is 11.8 Å². The summed E-state index contributed by atoms with van der Waals surface area (Å²) in [6.07, 6.45) is 44.5. The maximum Gasteiger partial charge on any atom is 0.0831 e. The summed E-state index contributed by atoms with van der Waals surface area (Å²) in [4.78, 5) is 0. The molecule has 0 spiro atoms. The van der Waals surface area contributed by atoms with E-state index in [-0.39, 0.29) is 24.9 Å². The van der Waals surface area contributed by atoms with Crippen molar-refractivity contribution in [3.8, 4) is 11.8 Å². The molecule has 0 bridgehead atoms. The minimum absolute atomic E-state index is 0.0917. The van der Waals surface area contributed by atoms with Crippen LogP contribution in [0.15, 0.2) is 54.6 Å². The zero-order chi connectivity index (χ0) is 50.8. The standard InChI is InChI=1S/C21H32O2.C18H36O2.C14H28O2.C8H16O2/c1-2-3-4-5-6-7-8-9-13-16-21(22)17-18-23-19-20-14-11-10-12-15-20;1-3-5-7-8-9-10-11-12-13-14-18(19)15-17-20-16-6-4-2;1-2-3-4-5-6-7-8-9-10-11-14(16)12-13-15;1-2-3-5-9-6-4-8-7-10-8/h10-12,14-15,21-22H,2-6,9,13,16-19H2,1H3;10-11,18-19H,3-9,12-17H2,1-2H3;7-8,14-16H,2-6,9-13H2,1H3;8H,2-7H2,1H3/b;11-10-;8-7-;/t21-;18-;14-;8-/m1110/s1. The van der Waals surface area contributed by atoms with Crippen molar-refractivity contribution in [2.24, 2.45) is 0 Å². The molecule has 0 saturated carbocycles. The Morgan fingerprint density at radius 3 is 1.42 bits per heavy atom. The lowest BCUT2D eigenvalue weighted by molar-refractivity contribution is 0.0694. The van der Waals surface area contributed by atoms with Gasteiger partial charge in [-0.3, -0.25) is 0 Å². The third-order valence-corrected chi connectivity index (χ3v) is 11.8. The van der Waals surface area contributed by atoms with Crippen molar-refractivity contribution in [3.05, 3.63) is 60.2 Å². The molecule has 4 atom stereocenters. The largest absolute Gasteiger partial charge is 0.396 e. The Balaban J connectivity index is 0. The molecule has 0 radical (unpaired) electrons. The van der Waals surface area contributed by atoms with Crippen molar-refractivity contribution in [2.45, 2.75) is 271 Å². The first-order chi connectivity index (χ1) is 33.9. The Bertz CT molecular complexity index is 1210. The highest BCUT2D eigenvalue weighted by atomic mass is 16.6. The summed E-state index contributed by atoms with van der Waals surface area (Å²) in [7, 11) is 0. The van der Waals surface area contributed by atoms with E-state index >= 15 is 0 Å². The number of aliphatic hydroxyl groups excluding tert-OH is 4. The minimum atomic E-state index is -0.317. The van der Waals surface area contributed by atoms with Gasteiger partial charge in [0.05, 0.1) is 37.6 Å². The summed E-state index contributed by atoms with van der Waals surface area (Å²) in [5.74, 6) is 6.45. The van der Waals surface area contributed by atoms with Crippen molar-refractivity contribution in [1.29, 1.82) is 0 Å². The molecule has 1 aliphatic rings. The number of rotatable bonds is 44. The molecule has 1 aromatic carbocycles. The predicted molar refractivity (Wildman–Crippen MR) is 295 cm³/mol. The van der Waals surface area contributed by atoms with Gasteiger partial charge in [-0.1, -0.05) is 160 Å². The minimum Gasteiger partial charge on any atom is -0.396 e. The highest BCUT2D eigenvalue weighted by Gasteiger charge is 2.21. The molecular weight excluding hydrogens is 861 g/mol. The second-order valence-electron chi connectivity index (χ2n) is 18.8. The fraction of sp³-hybridized carbons (Fsp3) is 0.803. The first kappa shape index (κ1) is 69.0. The van der Waals surface area contributed by atoms with Crippen LogP contribution in [0.5, 0.6) is 0 Å². The van der Waals surface area contributed by atoms with Crippen LogP contribution < -0.4 is 0 Å². The van der Waals surface area contributed by atoms with E-state index in [1.807, 2.05) is 18.2 Å². The molecule has 1 aliphatic heterocycles. The Hall–Kier alpha value is -2.06.